The van der Waals surface area contributed by atoms with Crippen molar-refractivity contribution in [2.75, 3.05) is 24.0 Å². The monoisotopic (exact) mass is 480 g/mol. The second-order valence-electron chi connectivity index (χ2n) is 8.15. The van der Waals surface area contributed by atoms with Crippen LogP contribution in [0.15, 0.2) is 77.7 Å². The SMILES string of the molecule is CCOc1ccc(CCCNC(=O)CN(c2cc(C)ccc2C)S(=O)(=O)c2ccccc2)cc1. The first-order valence-electron chi connectivity index (χ1n) is 11.4. The summed E-state index contributed by atoms with van der Waals surface area (Å²) in [6, 6.07) is 21.7. The van der Waals surface area contributed by atoms with E-state index >= 15 is 0 Å². The Morgan fingerprint density at radius 2 is 1.68 bits per heavy atom. The molecule has 6 nitrogen and oxygen atoms in total. The molecule has 0 saturated heterocycles. The highest BCUT2D eigenvalue weighted by Crippen LogP contribution is 2.27. The lowest BCUT2D eigenvalue weighted by molar-refractivity contribution is -0.119. The van der Waals surface area contributed by atoms with Crippen LogP contribution in [0.1, 0.15) is 30.0 Å². The van der Waals surface area contributed by atoms with E-state index in [1.807, 2.05) is 57.2 Å². The van der Waals surface area contributed by atoms with Gasteiger partial charge in [-0.25, -0.2) is 8.42 Å². The number of carbonyl (C=O) groups excluding carboxylic acids is 1. The number of nitrogens with zero attached hydrogens (tertiary/aromatic N) is 1. The largest absolute Gasteiger partial charge is 0.494 e. The summed E-state index contributed by atoms with van der Waals surface area (Å²) in [5.41, 5.74) is 3.37. The summed E-state index contributed by atoms with van der Waals surface area (Å²) >= 11 is 0. The van der Waals surface area contributed by atoms with Crippen molar-refractivity contribution in [2.45, 2.75) is 38.5 Å². The maximum atomic E-state index is 13.5. The fraction of sp³-hybridized carbons (Fsp3) is 0.296. The smallest absolute Gasteiger partial charge is 0.264 e. The van der Waals surface area contributed by atoms with Gasteiger partial charge in [0.25, 0.3) is 10.0 Å². The predicted octanol–water partition coefficient (Wildman–Crippen LogP) is 4.65. The second kappa shape index (κ2) is 11.7. The molecule has 0 aliphatic carbocycles. The van der Waals surface area contributed by atoms with Crippen LogP contribution >= 0.6 is 0 Å². The first kappa shape index (κ1) is 25.3. The topological polar surface area (TPSA) is 75.7 Å². The summed E-state index contributed by atoms with van der Waals surface area (Å²) in [5.74, 6) is 0.498. The van der Waals surface area contributed by atoms with Crippen molar-refractivity contribution in [1.82, 2.24) is 5.32 Å². The van der Waals surface area contributed by atoms with Crippen LogP contribution in [0.25, 0.3) is 0 Å². The van der Waals surface area contributed by atoms with Crippen molar-refractivity contribution in [3.8, 4) is 5.75 Å². The van der Waals surface area contributed by atoms with Crippen molar-refractivity contribution in [2.24, 2.45) is 0 Å². The average Bonchev–Trinajstić information content (AvgIpc) is 2.83. The first-order chi connectivity index (χ1) is 16.3. The fourth-order valence-electron chi connectivity index (χ4n) is 3.63. The Kier molecular flexibility index (Phi) is 8.71. The van der Waals surface area contributed by atoms with E-state index < -0.39 is 10.0 Å². The Morgan fingerprint density at radius 3 is 2.35 bits per heavy atom. The van der Waals surface area contributed by atoms with Gasteiger partial charge in [0, 0.05) is 6.54 Å². The average molecular weight is 481 g/mol. The van der Waals surface area contributed by atoms with E-state index in [1.165, 1.54) is 4.31 Å². The molecular formula is C27H32N2O4S. The van der Waals surface area contributed by atoms with Crippen LogP contribution in [0.5, 0.6) is 5.75 Å². The molecule has 3 aromatic rings. The molecule has 0 atom stereocenters. The van der Waals surface area contributed by atoms with Gasteiger partial charge in [0.15, 0.2) is 0 Å². The van der Waals surface area contributed by atoms with Crippen molar-refractivity contribution in [1.29, 1.82) is 0 Å². The van der Waals surface area contributed by atoms with Crippen LogP contribution in [-0.2, 0) is 21.2 Å². The predicted molar refractivity (Wildman–Crippen MR) is 136 cm³/mol. The zero-order valence-corrected chi connectivity index (χ0v) is 20.8. The van der Waals surface area contributed by atoms with Gasteiger partial charge >= 0.3 is 0 Å². The highest BCUT2D eigenvalue weighted by Gasteiger charge is 2.28. The number of rotatable bonds is 11. The molecule has 3 rings (SSSR count). The number of sulfonamides is 1. The van der Waals surface area contributed by atoms with Gasteiger partial charge in [-0.3, -0.25) is 9.10 Å². The molecule has 34 heavy (non-hydrogen) atoms. The van der Waals surface area contributed by atoms with Gasteiger partial charge in [-0.15, -0.1) is 0 Å². The third-order valence-electron chi connectivity index (χ3n) is 5.45. The molecule has 0 heterocycles. The van der Waals surface area contributed by atoms with Crippen LogP contribution in [-0.4, -0.2) is 34.0 Å². The van der Waals surface area contributed by atoms with Crippen LogP contribution in [0.3, 0.4) is 0 Å². The van der Waals surface area contributed by atoms with Crippen molar-refractivity contribution < 1.29 is 17.9 Å². The van der Waals surface area contributed by atoms with E-state index in [2.05, 4.69) is 5.32 Å². The number of ether oxygens (including phenoxy) is 1. The summed E-state index contributed by atoms with van der Waals surface area (Å²) in [5, 5.41) is 2.87. The molecule has 0 aliphatic rings. The molecule has 3 aromatic carbocycles. The number of anilines is 1. The van der Waals surface area contributed by atoms with Gasteiger partial charge in [-0.1, -0.05) is 42.5 Å². The minimum atomic E-state index is -3.91. The van der Waals surface area contributed by atoms with Gasteiger partial charge in [-0.05, 0) is 80.6 Å². The van der Waals surface area contributed by atoms with Gasteiger partial charge < -0.3 is 10.1 Å². The summed E-state index contributed by atoms with van der Waals surface area (Å²) in [4.78, 5) is 12.9. The van der Waals surface area contributed by atoms with Crippen LogP contribution in [0.2, 0.25) is 0 Å². The van der Waals surface area contributed by atoms with Crippen LogP contribution in [0, 0.1) is 13.8 Å². The Balaban J connectivity index is 1.67. The second-order valence-corrected chi connectivity index (χ2v) is 10.0. The summed E-state index contributed by atoms with van der Waals surface area (Å²) in [7, 11) is -3.91. The molecule has 0 fully saturated rings. The highest BCUT2D eigenvalue weighted by atomic mass is 32.2. The lowest BCUT2D eigenvalue weighted by Crippen LogP contribution is -2.41. The van der Waals surface area contributed by atoms with Crippen molar-refractivity contribution >= 4 is 21.6 Å². The molecule has 7 heteroatoms. The van der Waals surface area contributed by atoms with Gasteiger partial charge in [0.2, 0.25) is 5.91 Å². The summed E-state index contributed by atoms with van der Waals surface area (Å²) in [6.07, 6.45) is 1.55. The molecule has 0 spiro atoms. The molecule has 0 unspecified atom stereocenters. The molecule has 0 aliphatic heterocycles. The lowest BCUT2D eigenvalue weighted by Gasteiger charge is -2.26. The Morgan fingerprint density at radius 1 is 0.971 bits per heavy atom. The molecule has 0 radical (unpaired) electrons. The minimum Gasteiger partial charge on any atom is -0.494 e. The highest BCUT2D eigenvalue weighted by molar-refractivity contribution is 7.92. The number of amides is 1. The zero-order valence-electron chi connectivity index (χ0n) is 20.0. The number of nitrogens with one attached hydrogen (secondary N) is 1. The van der Waals surface area contributed by atoms with E-state index in [9.17, 15) is 13.2 Å². The molecule has 0 bridgehead atoms. The Hall–Kier alpha value is -3.32. The summed E-state index contributed by atoms with van der Waals surface area (Å²) in [6.45, 7) is 6.49. The normalized spacial score (nSPS) is 11.1. The number of hydrogen-bond donors (Lipinski definition) is 1. The van der Waals surface area contributed by atoms with E-state index in [0.29, 0.717) is 18.8 Å². The lowest BCUT2D eigenvalue weighted by atomic mass is 10.1. The minimum absolute atomic E-state index is 0.152. The summed E-state index contributed by atoms with van der Waals surface area (Å²) < 4.78 is 33.6. The number of hydrogen-bond acceptors (Lipinski definition) is 4. The van der Waals surface area contributed by atoms with E-state index in [1.54, 1.807) is 36.4 Å². The molecule has 0 aromatic heterocycles. The number of carbonyl (C=O) groups is 1. The van der Waals surface area contributed by atoms with E-state index in [-0.39, 0.29) is 17.3 Å². The third-order valence-corrected chi connectivity index (χ3v) is 7.22. The Labute approximate surface area is 202 Å². The number of aryl methyl sites for hydroxylation is 3. The van der Waals surface area contributed by atoms with E-state index in [0.717, 1.165) is 35.3 Å². The van der Waals surface area contributed by atoms with Gasteiger partial charge in [0.1, 0.15) is 12.3 Å². The zero-order chi connectivity index (χ0) is 24.6. The molecule has 1 amide bonds. The van der Waals surface area contributed by atoms with Gasteiger partial charge in [-0.2, -0.15) is 0 Å². The van der Waals surface area contributed by atoms with Crippen molar-refractivity contribution in [3.63, 3.8) is 0 Å². The molecule has 180 valence electrons. The molecule has 1 N–H and O–H groups in total. The van der Waals surface area contributed by atoms with Gasteiger partial charge in [0.05, 0.1) is 17.2 Å². The quantitative estimate of drug-likeness (QED) is 0.406. The Bertz CT molecular complexity index is 1190. The fourth-order valence-corrected chi connectivity index (χ4v) is 5.13. The van der Waals surface area contributed by atoms with Crippen LogP contribution in [0.4, 0.5) is 5.69 Å². The molecule has 0 saturated carbocycles. The van der Waals surface area contributed by atoms with Crippen LogP contribution < -0.4 is 14.4 Å². The standard InChI is InChI=1S/C27H32N2O4S/c1-4-33-24-16-14-23(15-17-24)9-8-18-28-27(30)20-29(26-19-21(2)12-13-22(26)3)34(31,32)25-10-6-5-7-11-25/h5-7,10-17,19H,4,8-9,18,20H2,1-3H3,(H,28,30). The van der Waals surface area contributed by atoms with E-state index in [4.69, 9.17) is 4.74 Å². The number of benzene rings is 3. The molecular weight excluding hydrogens is 448 g/mol. The maximum absolute atomic E-state index is 13.5. The van der Waals surface area contributed by atoms with Crippen molar-refractivity contribution in [3.05, 3.63) is 89.5 Å². The third kappa shape index (κ3) is 6.60. The maximum Gasteiger partial charge on any atom is 0.264 e. The first-order valence-corrected chi connectivity index (χ1v) is 12.9.